The van der Waals surface area contributed by atoms with Gasteiger partial charge in [-0.2, -0.15) is 8.78 Å². The first-order valence-corrected chi connectivity index (χ1v) is 7.89. The molecule has 0 spiro atoms. The normalized spacial score (nSPS) is 15.2. The van der Waals surface area contributed by atoms with Gasteiger partial charge in [0.05, 0.1) is 12.2 Å². The number of amides is 3. The van der Waals surface area contributed by atoms with Crippen molar-refractivity contribution in [1.29, 1.82) is 0 Å². The van der Waals surface area contributed by atoms with Crippen LogP contribution < -0.4 is 10.1 Å². The van der Waals surface area contributed by atoms with Crippen molar-refractivity contribution in [2.45, 2.75) is 6.61 Å². The Labute approximate surface area is 145 Å². The molecule has 0 aromatic heterocycles. The molecule has 3 amide bonds. The maximum absolute atomic E-state index is 12.4. The van der Waals surface area contributed by atoms with Gasteiger partial charge in [0, 0.05) is 40.3 Å². The summed E-state index contributed by atoms with van der Waals surface area (Å²) in [7, 11) is 3.39. The van der Waals surface area contributed by atoms with Crippen molar-refractivity contribution in [3.05, 3.63) is 24.3 Å². The van der Waals surface area contributed by atoms with Gasteiger partial charge in [0.1, 0.15) is 5.75 Å². The summed E-state index contributed by atoms with van der Waals surface area (Å²) in [6.45, 7) is -0.623. The van der Waals surface area contributed by atoms with Crippen LogP contribution in [0, 0.1) is 0 Å². The van der Waals surface area contributed by atoms with E-state index in [4.69, 9.17) is 0 Å². The summed E-state index contributed by atoms with van der Waals surface area (Å²) in [5, 5.41) is 2.59. The predicted molar refractivity (Wildman–Crippen MR) is 88.8 cm³/mol. The Balaban J connectivity index is 1.85. The molecule has 7 nitrogen and oxygen atoms in total. The highest BCUT2D eigenvalue weighted by molar-refractivity contribution is 5.93. The van der Waals surface area contributed by atoms with E-state index in [1.54, 1.807) is 31.1 Å². The highest BCUT2D eigenvalue weighted by Crippen LogP contribution is 2.25. The van der Waals surface area contributed by atoms with Crippen LogP contribution in [0.1, 0.15) is 0 Å². The van der Waals surface area contributed by atoms with Crippen molar-refractivity contribution in [3.8, 4) is 5.75 Å². The summed E-state index contributed by atoms with van der Waals surface area (Å²) in [5.74, 6) is -0.398. The first-order valence-electron chi connectivity index (χ1n) is 7.89. The number of benzene rings is 1. The van der Waals surface area contributed by atoms with Crippen molar-refractivity contribution in [3.63, 3.8) is 0 Å². The number of hydrogen-bond donors (Lipinski definition) is 1. The fourth-order valence-corrected chi connectivity index (χ4v) is 2.54. The van der Waals surface area contributed by atoms with E-state index in [9.17, 15) is 18.4 Å². The summed E-state index contributed by atoms with van der Waals surface area (Å²) >= 11 is 0. The molecule has 1 N–H and O–H groups in total. The lowest BCUT2D eigenvalue weighted by Crippen LogP contribution is -2.52. The predicted octanol–water partition coefficient (Wildman–Crippen LogP) is 1.53. The SMILES string of the molecule is CN(C)C(=O)N1CCN(CC(=O)Nc2ccccc2OC(F)F)CC1. The first-order chi connectivity index (χ1) is 11.9. The number of halogens is 2. The van der Waals surface area contributed by atoms with Gasteiger partial charge in [-0.3, -0.25) is 9.69 Å². The number of nitrogens with zero attached hydrogens (tertiary/aromatic N) is 3. The Morgan fingerprint density at radius 2 is 1.84 bits per heavy atom. The summed E-state index contributed by atoms with van der Waals surface area (Å²) in [5.41, 5.74) is 0.203. The van der Waals surface area contributed by atoms with Gasteiger partial charge < -0.3 is 19.9 Å². The Morgan fingerprint density at radius 1 is 1.20 bits per heavy atom. The van der Waals surface area contributed by atoms with Crippen molar-refractivity contribution in [2.75, 3.05) is 52.1 Å². The molecule has 0 aliphatic carbocycles. The molecule has 1 saturated heterocycles. The van der Waals surface area contributed by atoms with Crippen LogP contribution in [0.15, 0.2) is 24.3 Å². The summed E-state index contributed by atoms with van der Waals surface area (Å²) < 4.78 is 29.2. The second kappa shape index (κ2) is 8.61. The quantitative estimate of drug-likeness (QED) is 0.869. The molecule has 0 bridgehead atoms. The lowest BCUT2D eigenvalue weighted by Gasteiger charge is -2.35. The van der Waals surface area contributed by atoms with Crippen LogP contribution in [-0.2, 0) is 4.79 Å². The van der Waals surface area contributed by atoms with E-state index >= 15 is 0 Å². The number of ether oxygens (including phenoxy) is 1. The van der Waals surface area contributed by atoms with Gasteiger partial charge in [-0.1, -0.05) is 12.1 Å². The number of urea groups is 1. The Hall–Kier alpha value is -2.42. The number of piperazine rings is 1. The summed E-state index contributed by atoms with van der Waals surface area (Å²) in [6.07, 6.45) is 0. The Kier molecular flexibility index (Phi) is 6.51. The maximum Gasteiger partial charge on any atom is 0.387 e. The van der Waals surface area contributed by atoms with Crippen molar-refractivity contribution in [1.82, 2.24) is 14.7 Å². The van der Waals surface area contributed by atoms with E-state index in [-0.39, 0.29) is 29.9 Å². The third kappa shape index (κ3) is 5.56. The molecule has 1 aromatic rings. The third-order valence-electron chi connectivity index (χ3n) is 3.77. The lowest BCUT2D eigenvalue weighted by atomic mass is 10.2. The molecular formula is C16H22F2N4O3. The van der Waals surface area contributed by atoms with Crippen LogP contribution in [0.2, 0.25) is 0 Å². The van der Waals surface area contributed by atoms with Crippen LogP contribution in [0.5, 0.6) is 5.75 Å². The highest BCUT2D eigenvalue weighted by atomic mass is 19.3. The number of hydrogen-bond acceptors (Lipinski definition) is 4. The van der Waals surface area contributed by atoms with Gasteiger partial charge in [-0.25, -0.2) is 4.79 Å². The number of alkyl halides is 2. The zero-order valence-electron chi connectivity index (χ0n) is 14.2. The van der Waals surface area contributed by atoms with Gasteiger partial charge >= 0.3 is 12.6 Å². The summed E-state index contributed by atoms with van der Waals surface area (Å²) in [6, 6.07) is 5.99. The van der Waals surface area contributed by atoms with E-state index < -0.39 is 6.61 Å². The molecule has 25 heavy (non-hydrogen) atoms. The molecule has 1 aromatic carbocycles. The molecule has 1 heterocycles. The standard InChI is InChI=1S/C16H22F2N4O3/c1-20(2)16(24)22-9-7-21(8-10-22)11-14(23)19-12-5-3-4-6-13(12)25-15(17)18/h3-6,15H,7-11H2,1-2H3,(H,19,23). The zero-order chi connectivity index (χ0) is 18.4. The van der Waals surface area contributed by atoms with Crippen LogP contribution >= 0.6 is 0 Å². The molecule has 1 aliphatic heterocycles. The van der Waals surface area contributed by atoms with E-state index in [1.807, 2.05) is 4.90 Å². The van der Waals surface area contributed by atoms with E-state index in [0.717, 1.165) is 0 Å². The second-order valence-corrected chi connectivity index (χ2v) is 5.86. The van der Waals surface area contributed by atoms with Gasteiger partial charge in [-0.15, -0.1) is 0 Å². The van der Waals surface area contributed by atoms with E-state index in [1.165, 1.54) is 17.0 Å². The van der Waals surface area contributed by atoms with Crippen LogP contribution in [0.4, 0.5) is 19.3 Å². The van der Waals surface area contributed by atoms with Gasteiger partial charge in [-0.05, 0) is 12.1 Å². The van der Waals surface area contributed by atoms with Crippen molar-refractivity contribution in [2.24, 2.45) is 0 Å². The Bertz CT molecular complexity index is 605. The second-order valence-electron chi connectivity index (χ2n) is 5.86. The molecule has 2 rings (SSSR count). The van der Waals surface area contributed by atoms with Crippen LogP contribution in [0.25, 0.3) is 0 Å². The number of anilines is 1. The minimum Gasteiger partial charge on any atom is -0.433 e. The zero-order valence-corrected chi connectivity index (χ0v) is 14.2. The molecule has 1 aliphatic rings. The molecular weight excluding hydrogens is 334 g/mol. The number of rotatable bonds is 5. The number of carbonyl (C=O) groups excluding carboxylic acids is 2. The van der Waals surface area contributed by atoms with E-state index in [0.29, 0.717) is 26.2 Å². The van der Waals surface area contributed by atoms with Crippen LogP contribution in [-0.4, -0.2) is 80.1 Å². The monoisotopic (exact) mass is 356 g/mol. The largest absolute Gasteiger partial charge is 0.433 e. The topological polar surface area (TPSA) is 65.1 Å². The molecule has 0 unspecified atom stereocenters. The van der Waals surface area contributed by atoms with Crippen molar-refractivity contribution >= 4 is 17.6 Å². The summed E-state index contributed by atoms with van der Waals surface area (Å²) in [4.78, 5) is 29.2. The number of nitrogens with one attached hydrogen (secondary N) is 1. The molecule has 138 valence electrons. The average molecular weight is 356 g/mol. The molecule has 0 saturated carbocycles. The van der Waals surface area contributed by atoms with Crippen LogP contribution in [0.3, 0.4) is 0 Å². The number of carbonyl (C=O) groups is 2. The van der Waals surface area contributed by atoms with E-state index in [2.05, 4.69) is 10.1 Å². The first kappa shape index (κ1) is 18.9. The molecule has 9 heteroatoms. The average Bonchev–Trinajstić information content (AvgIpc) is 2.56. The molecule has 0 atom stereocenters. The minimum absolute atomic E-state index is 0.0535. The van der Waals surface area contributed by atoms with Gasteiger partial charge in [0.25, 0.3) is 0 Å². The van der Waals surface area contributed by atoms with Gasteiger partial charge in [0.2, 0.25) is 5.91 Å². The molecule has 1 fully saturated rings. The molecule has 0 radical (unpaired) electrons. The smallest absolute Gasteiger partial charge is 0.387 e. The fourth-order valence-electron chi connectivity index (χ4n) is 2.54. The minimum atomic E-state index is -2.96. The Morgan fingerprint density at radius 3 is 2.44 bits per heavy atom. The van der Waals surface area contributed by atoms with Gasteiger partial charge in [0.15, 0.2) is 0 Å². The highest BCUT2D eigenvalue weighted by Gasteiger charge is 2.23. The third-order valence-corrected chi connectivity index (χ3v) is 3.77. The fraction of sp³-hybridized carbons (Fsp3) is 0.500. The number of para-hydroxylation sites is 2. The lowest BCUT2D eigenvalue weighted by molar-refractivity contribution is -0.117. The van der Waals surface area contributed by atoms with Crippen molar-refractivity contribution < 1.29 is 23.1 Å². The maximum atomic E-state index is 12.4.